The Bertz CT molecular complexity index is 1590. The van der Waals surface area contributed by atoms with Crippen LogP contribution in [0.1, 0.15) is 62.2 Å². The van der Waals surface area contributed by atoms with Crippen molar-refractivity contribution in [2.75, 3.05) is 50.6 Å². The van der Waals surface area contributed by atoms with Gasteiger partial charge in [-0.1, -0.05) is 0 Å². The number of hydrogen-bond donors (Lipinski definition) is 1. The molecular weight excluding hydrogens is 635 g/mol. The Morgan fingerprint density at radius 2 is 1.92 bits per heavy atom. The molecule has 7 rings (SSSR count). The molecule has 1 spiro atoms. The van der Waals surface area contributed by atoms with Gasteiger partial charge in [-0.3, -0.25) is 14.7 Å². The molecule has 2 saturated heterocycles. The van der Waals surface area contributed by atoms with E-state index < -0.39 is 5.82 Å². The van der Waals surface area contributed by atoms with Crippen LogP contribution in [0.5, 0.6) is 17.4 Å². The van der Waals surface area contributed by atoms with Crippen LogP contribution in [0, 0.1) is 17.2 Å². The lowest BCUT2D eigenvalue weighted by molar-refractivity contribution is -0.0355. The second-order valence-electron chi connectivity index (χ2n) is 13.6. The molecular formula is C35H46ClFN8O3. The average molecular weight is 681 g/mol. The summed E-state index contributed by atoms with van der Waals surface area (Å²) in [5.74, 6) is 1.85. The van der Waals surface area contributed by atoms with E-state index in [-0.39, 0.29) is 40.7 Å². The molecule has 3 fully saturated rings. The highest BCUT2D eigenvalue weighted by Crippen LogP contribution is 2.52. The number of alkyl halides is 1. The van der Waals surface area contributed by atoms with E-state index in [1.165, 1.54) is 36.5 Å². The third-order valence-electron chi connectivity index (χ3n) is 10.3. The van der Waals surface area contributed by atoms with Gasteiger partial charge in [0, 0.05) is 93.6 Å². The minimum absolute atomic E-state index is 0.0491. The summed E-state index contributed by atoms with van der Waals surface area (Å²) in [5, 5.41) is 11.6. The fourth-order valence-corrected chi connectivity index (χ4v) is 7.48. The molecule has 5 heterocycles. The molecule has 258 valence electrons. The van der Waals surface area contributed by atoms with Crippen LogP contribution in [0.4, 0.5) is 10.2 Å². The van der Waals surface area contributed by atoms with Gasteiger partial charge in [0.25, 0.3) is 11.8 Å². The van der Waals surface area contributed by atoms with Gasteiger partial charge in [0.1, 0.15) is 29.7 Å². The Labute approximate surface area is 287 Å². The zero-order chi connectivity index (χ0) is 34.0. The van der Waals surface area contributed by atoms with E-state index in [9.17, 15) is 9.18 Å². The van der Waals surface area contributed by atoms with E-state index >= 15 is 0 Å². The van der Waals surface area contributed by atoms with Gasteiger partial charge < -0.3 is 24.6 Å². The summed E-state index contributed by atoms with van der Waals surface area (Å²) in [6.45, 7) is 14.3. The standard InChI is InChI=1S/C34H43FN8O3.CH3Cl/c1-5-43(21(2)3)33(44)26-12-24(35)6-7-29(26)46-32-31(38-20-39-40-32)42-18-34(19-42)13-25(14-34)45-30-8-10-37-28-9-11-41(17-27(28)30)22(4)23-15-36-16-23;1-2/h6-8,10,12,20-23,25,36H,5,9,11,13-19H2,1-4H3;1H3. The Kier molecular flexibility index (Phi) is 10.3. The molecule has 1 unspecified atom stereocenters. The van der Waals surface area contributed by atoms with Gasteiger partial charge in [-0.25, -0.2) is 9.37 Å². The molecule has 1 amide bonds. The third kappa shape index (κ3) is 6.79. The van der Waals surface area contributed by atoms with Crippen molar-refractivity contribution in [3.05, 3.63) is 59.4 Å². The van der Waals surface area contributed by atoms with Crippen molar-refractivity contribution in [3.8, 4) is 17.4 Å². The number of halogens is 2. The minimum Gasteiger partial charge on any atom is -0.490 e. The number of ether oxygens (including phenoxy) is 2. The molecule has 13 heteroatoms. The number of hydrogen-bond acceptors (Lipinski definition) is 10. The predicted molar refractivity (Wildman–Crippen MR) is 182 cm³/mol. The summed E-state index contributed by atoms with van der Waals surface area (Å²) in [7, 11) is 0. The fourth-order valence-electron chi connectivity index (χ4n) is 7.48. The number of fused-ring (bicyclic) bond motifs is 1. The number of benzene rings is 1. The molecule has 48 heavy (non-hydrogen) atoms. The molecule has 1 atom stereocenters. The first-order chi connectivity index (χ1) is 23.2. The molecule has 0 radical (unpaired) electrons. The number of nitrogens with one attached hydrogen (secondary N) is 1. The molecule has 1 aromatic carbocycles. The number of nitrogens with zero attached hydrogens (tertiary/aromatic N) is 7. The van der Waals surface area contributed by atoms with Crippen LogP contribution in [0.15, 0.2) is 36.8 Å². The van der Waals surface area contributed by atoms with Crippen molar-refractivity contribution in [2.24, 2.45) is 11.3 Å². The molecule has 0 bridgehead atoms. The molecule has 1 aliphatic carbocycles. The highest BCUT2D eigenvalue weighted by molar-refractivity contribution is 6.15. The summed E-state index contributed by atoms with van der Waals surface area (Å²) in [6, 6.07) is 6.47. The maximum atomic E-state index is 14.3. The van der Waals surface area contributed by atoms with E-state index in [4.69, 9.17) is 9.47 Å². The summed E-state index contributed by atoms with van der Waals surface area (Å²) < 4.78 is 27.0. The van der Waals surface area contributed by atoms with Gasteiger partial charge in [0.05, 0.1) is 5.56 Å². The van der Waals surface area contributed by atoms with E-state index in [1.807, 2.05) is 33.0 Å². The van der Waals surface area contributed by atoms with E-state index in [1.54, 1.807) is 4.90 Å². The topological polar surface area (TPSA) is 109 Å². The first-order valence-corrected chi connectivity index (χ1v) is 17.7. The average Bonchev–Trinajstić information content (AvgIpc) is 3.03. The second-order valence-corrected chi connectivity index (χ2v) is 13.6. The maximum absolute atomic E-state index is 14.3. The number of anilines is 1. The highest BCUT2D eigenvalue weighted by atomic mass is 35.5. The van der Waals surface area contributed by atoms with Crippen LogP contribution < -0.4 is 19.7 Å². The number of carbonyl (C=O) groups excluding carboxylic acids is 1. The van der Waals surface area contributed by atoms with Gasteiger partial charge in [-0.15, -0.1) is 21.8 Å². The lowest BCUT2D eigenvalue weighted by atomic mass is 9.61. The first kappa shape index (κ1) is 34.3. The third-order valence-corrected chi connectivity index (χ3v) is 10.3. The van der Waals surface area contributed by atoms with Gasteiger partial charge in [-0.2, -0.15) is 0 Å². The van der Waals surface area contributed by atoms with Crippen molar-refractivity contribution in [2.45, 2.75) is 71.7 Å². The van der Waals surface area contributed by atoms with Gasteiger partial charge in [0.15, 0.2) is 5.82 Å². The summed E-state index contributed by atoms with van der Waals surface area (Å²) in [4.78, 5) is 28.9. The Hall–Kier alpha value is -3.61. The van der Waals surface area contributed by atoms with E-state index in [2.05, 4.69) is 53.8 Å². The van der Waals surface area contributed by atoms with Crippen molar-refractivity contribution < 1.29 is 18.7 Å². The summed E-state index contributed by atoms with van der Waals surface area (Å²) >= 11 is 4.64. The summed E-state index contributed by atoms with van der Waals surface area (Å²) in [5.41, 5.74) is 2.69. The molecule has 4 aliphatic rings. The second kappa shape index (κ2) is 14.5. The predicted octanol–water partition coefficient (Wildman–Crippen LogP) is 4.94. The van der Waals surface area contributed by atoms with Crippen molar-refractivity contribution in [3.63, 3.8) is 0 Å². The van der Waals surface area contributed by atoms with Crippen LogP contribution in [0.25, 0.3) is 0 Å². The number of carbonyl (C=O) groups is 1. The van der Waals surface area contributed by atoms with E-state index in [0.29, 0.717) is 24.3 Å². The van der Waals surface area contributed by atoms with Crippen LogP contribution in [0.2, 0.25) is 0 Å². The monoisotopic (exact) mass is 680 g/mol. The molecule has 11 nitrogen and oxygen atoms in total. The molecule has 3 aromatic rings. The zero-order valence-electron chi connectivity index (χ0n) is 28.5. The summed E-state index contributed by atoms with van der Waals surface area (Å²) in [6.07, 6.45) is 7.79. The minimum atomic E-state index is -0.509. The largest absolute Gasteiger partial charge is 0.490 e. The van der Waals surface area contributed by atoms with Crippen molar-refractivity contribution >= 4 is 23.3 Å². The highest BCUT2D eigenvalue weighted by Gasteiger charge is 2.54. The molecule has 1 N–H and O–H groups in total. The number of rotatable bonds is 10. The quantitative estimate of drug-likeness (QED) is 0.296. The SMILES string of the molecule is CCN(C(=O)c1cc(F)ccc1Oc1nncnc1N1CC2(CC(Oc3ccnc4c3CN(C(C)C3CNC3)CC4)C2)C1)C(C)C.CCl. The van der Waals surface area contributed by atoms with Crippen LogP contribution in [-0.4, -0.2) is 99.7 Å². The van der Waals surface area contributed by atoms with Crippen LogP contribution >= 0.6 is 11.6 Å². The zero-order valence-corrected chi connectivity index (χ0v) is 29.2. The van der Waals surface area contributed by atoms with Crippen LogP contribution in [0.3, 0.4) is 0 Å². The fraction of sp³-hybridized carbons (Fsp3) is 0.571. The Morgan fingerprint density at radius 1 is 1.15 bits per heavy atom. The normalized spacial score (nSPS) is 19.3. The van der Waals surface area contributed by atoms with Gasteiger partial charge in [0.2, 0.25) is 0 Å². The lowest BCUT2D eigenvalue weighted by Gasteiger charge is -2.58. The molecule has 3 aliphatic heterocycles. The van der Waals surface area contributed by atoms with Crippen molar-refractivity contribution in [1.82, 2.24) is 35.3 Å². The van der Waals surface area contributed by atoms with Gasteiger partial charge >= 0.3 is 0 Å². The Balaban J connectivity index is 0.00000197. The number of pyridine rings is 1. The first-order valence-electron chi connectivity index (χ1n) is 16.9. The Morgan fingerprint density at radius 3 is 2.60 bits per heavy atom. The van der Waals surface area contributed by atoms with Crippen molar-refractivity contribution in [1.29, 1.82) is 0 Å². The molecule has 1 saturated carbocycles. The van der Waals surface area contributed by atoms with Gasteiger partial charge in [-0.05, 0) is 70.7 Å². The van der Waals surface area contributed by atoms with E-state index in [0.717, 1.165) is 70.0 Å². The maximum Gasteiger partial charge on any atom is 0.282 e. The smallest absolute Gasteiger partial charge is 0.282 e. The number of amides is 1. The molecule has 2 aromatic heterocycles. The number of aromatic nitrogens is 4. The lowest BCUT2D eigenvalue weighted by Crippen LogP contribution is -2.65. The van der Waals surface area contributed by atoms with Crippen LogP contribution in [-0.2, 0) is 13.0 Å².